The standard InChI is InChI=1S/C16H21BrO2S/c1-16(2,15(18)19)10-11-3-4-13(14(17)9-11)12-5-7-20-8-6-12/h3-4,9,12H,5-8,10H2,1-2H3,(H,18,19). The Kier molecular flexibility index (Phi) is 5.19. The summed E-state index contributed by atoms with van der Waals surface area (Å²) in [5.74, 6) is 2.38. The Morgan fingerprint density at radius 3 is 2.60 bits per heavy atom. The monoisotopic (exact) mass is 356 g/mol. The van der Waals surface area contributed by atoms with E-state index < -0.39 is 11.4 Å². The van der Waals surface area contributed by atoms with Crippen LogP contribution in [-0.2, 0) is 11.2 Å². The molecule has 0 aliphatic carbocycles. The van der Waals surface area contributed by atoms with Crippen LogP contribution in [0.2, 0.25) is 0 Å². The van der Waals surface area contributed by atoms with Crippen LogP contribution >= 0.6 is 27.7 Å². The van der Waals surface area contributed by atoms with Crippen LogP contribution in [0.3, 0.4) is 0 Å². The molecule has 0 amide bonds. The van der Waals surface area contributed by atoms with Gasteiger partial charge in [-0.05, 0) is 67.7 Å². The molecule has 0 radical (unpaired) electrons. The van der Waals surface area contributed by atoms with Crippen LogP contribution in [0.4, 0.5) is 0 Å². The lowest BCUT2D eigenvalue weighted by Gasteiger charge is -2.24. The number of carboxylic acids is 1. The molecule has 2 rings (SSSR count). The number of rotatable bonds is 4. The Morgan fingerprint density at radius 1 is 1.40 bits per heavy atom. The third-order valence-electron chi connectivity index (χ3n) is 3.95. The third-order valence-corrected chi connectivity index (χ3v) is 5.69. The van der Waals surface area contributed by atoms with Crippen LogP contribution in [0.5, 0.6) is 0 Å². The van der Waals surface area contributed by atoms with Crippen LogP contribution in [0, 0.1) is 5.41 Å². The Hall–Kier alpha value is -0.480. The molecule has 0 aromatic heterocycles. The summed E-state index contributed by atoms with van der Waals surface area (Å²) in [6.45, 7) is 3.55. The normalized spacial score (nSPS) is 17.1. The number of aliphatic carboxylic acids is 1. The molecule has 1 N–H and O–H groups in total. The predicted octanol–water partition coefficient (Wildman–Crippen LogP) is 4.71. The maximum Gasteiger partial charge on any atom is 0.309 e. The summed E-state index contributed by atoms with van der Waals surface area (Å²) in [5, 5.41) is 9.22. The third kappa shape index (κ3) is 3.79. The maximum atomic E-state index is 11.2. The minimum Gasteiger partial charge on any atom is -0.481 e. The minimum atomic E-state index is -0.748. The van der Waals surface area contributed by atoms with Gasteiger partial charge in [0.05, 0.1) is 5.41 Å². The number of halogens is 1. The van der Waals surface area contributed by atoms with Crippen molar-refractivity contribution in [1.82, 2.24) is 0 Å². The van der Waals surface area contributed by atoms with Gasteiger partial charge in [0.2, 0.25) is 0 Å². The Balaban J connectivity index is 2.15. The molecule has 110 valence electrons. The summed E-state index contributed by atoms with van der Waals surface area (Å²) in [7, 11) is 0. The van der Waals surface area contributed by atoms with Crippen molar-refractivity contribution in [3.63, 3.8) is 0 Å². The SMILES string of the molecule is CC(C)(Cc1ccc(C2CCSCC2)c(Br)c1)C(=O)O. The number of carboxylic acid groups (broad SMARTS) is 1. The molecule has 1 aromatic carbocycles. The smallest absolute Gasteiger partial charge is 0.309 e. The molecule has 0 atom stereocenters. The molecule has 1 aliphatic heterocycles. The van der Waals surface area contributed by atoms with Crippen molar-refractivity contribution < 1.29 is 9.90 Å². The molecular formula is C16H21BrO2S. The molecule has 0 bridgehead atoms. The molecule has 1 aliphatic rings. The molecule has 1 saturated heterocycles. The van der Waals surface area contributed by atoms with Gasteiger partial charge in [-0.25, -0.2) is 0 Å². The first kappa shape index (κ1) is 15.9. The second-order valence-corrected chi connectivity index (χ2v) is 8.19. The van der Waals surface area contributed by atoms with Gasteiger partial charge >= 0.3 is 5.97 Å². The Bertz CT molecular complexity index is 493. The van der Waals surface area contributed by atoms with Gasteiger partial charge in [-0.2, -0.15) is 11.8 Å². The van der Waals surface area contributed by atoms with Crippen molar-refractivity contribution in [2.45, 2.75) is 39.0 Å². The fourth-order valence-electron chi connectivity index (χ4n) is 2.61. The summed E-state index contributed by atoms with van der Waals surface area (Å²) in [5.41, 5.74) is 1.74. The van der Waals surface area contributed by atoms with Crippen molar-refractivity contribution in [3.8, 4) is 0 Å². The van der Waals surface area contributed by atoms with Crippen LogP contribution in [-0.4, -0.2) is 22.6 Å². The van der Waals surface area contributed by atoms with E-state index >= 15 is 0 Å². The highest BCUT2D eigenvalue weighted by molar-refractivity contribution is 9.10. The van der Waals surface area contributed by atoms with Crippen LogP contribution in [0.25, 0.3) is 0 Å². The lowest BCUT2D eigenvalue weighted by molar-refractivity contribution is -0.146. The van der Waals surface area contributed by atoms with E-state index in [-0.39, 0.29) is 0 Å². The Labute approximate surface area is 133 Å². The van der Waals surface area contributed by atoms with Crippen LogP contribution in [0.15, 0.2) is 22.7 Å². The molecule has 1 aromatic rings. The summed E-state index contributed by atoms with van der Waals surface area (Å²) in [6, 6.07) is 6.37. The van der Waals surface area contributed by atoms with Crippen LogP contribution in [0.1, 0.15) is 43.7 Å². The highest BCUT2D eigenvalue weighted by Crippen LogP contribution is 2.36. The summed E-state index contributed by atoms with van der Waals surface area (Å²) < 4.78 is 1.13. The first-order valence-corrected chi connectivity index (χ1v) is 8.94. The lowest BCUT2D eigenvalue weighted by atomic mass is 9.85. The summed E-state index contributed by atoms with van der Waals surface area (Å²) in [4.78, 5) is 11.2. The molecule has 0 saturated carbocycles. The zero-order chi connectivity index (χ0) is 14.8. The van der Waals surface area contributed by atoms with Gasteiger partial charge in [-0.1, -0.05) is 28.1 Å². The maximum absolute atomic E-state index is 11.2. The van der Waals surface area contributed by atoms with Gasteiger partial charge < -0.3 is 5.11 Å². The first-order valence-electron chi connectivity index (χ1n) is 6.99. The molecule has 1 heterocycles. The molecular weight excluding hydrogens is 336 g/mol. The van der Waals surface area contributed by atoms with E-state index in [9.17, 15) is 9.90 Å². The molecule has 0 spiro atoms. The topological polar surface area (TPSA) is 37.3 Å². The van der Waals surface area contributed by atoms with E-state index in [0.29, 0.717) is 12.3 Å². The second-order valence-electron chi connectivity index (χ2n) is 6.11. The molecule has 20 heavy (non-hydrogen) atoms. The van der Waals surface area contributed by atoms with Crippen molar-refractivity contribution in [1.29, 1.82) is 0 Å². The zero-order valence-electron chi connectivity index (χ0n) is 12.0. The average molecular weight is 357 g/mol. The van der Waals surface area contributed by atoms with Crippen LogP contribution < -0.4 is 0 Å². The fraction of sp³-hybridized carbons (Fsp3) is 0.562. The van der Waals surface area contributed by atoms with Gasteiger partial charge in [-0.15, -0.1) is 0 Å². The van der Waals surface area contributed by atoms with Crippen molar-refractivity contribution in [3.05, 3.63) is 33.8 Å². The number of carbonyl (C=O) groups is 1. The summed E-state index contributed by atoms with van der Waals surface area (Å²) in [6.07, 6.45) is 3.04. The number of hydrogen-bond acceptors (Lipinski definition) is 2. The fourth-order valence-corrected chi connectivity index (χ4v) is 4.46. The van der Waals surface area contributed by atoms with Crippen molar-refractivity contribution in [2.75, 3.05) is 11.5 Å². The largest absolute Gasteiger partial charge is 0.481 e. The number of thioether (sulfide) groups is 1. The van der Waals surface area contributed by atoms with E-state index in [2.05, 4.69) is 34.1 Å². The molecule has 0 unspecified atom stereocenters. The molecule has 2 nitrogen and oxygen atoms in total. The van der Waals surface area contributed by atoms with Gasteiger partial charge in [0.25, 0.3) is 0 Å². The highest BCUT2D eigenvalue weighted by atomic mass is 79.9. The Morgan fingerprint density at radius 2 is 2.05 bits per heavy atom. The summed E-state index contributed by atoms with van der Waals surface area (Å²) >= 11 is 5.71. The zero-order valence-corrected chi connectivity index (χ0v) is 14.4. The predicted molar refractivity (Wildman–Crippen MR) is 88.6 cm³/mol. The van der Waals surface area contributed by atoms with Gasteiger partial charge in [0.15, 0.2) is 0 Å². The van der Waals surface area contributed by atoms with E-state index in [0.717, 1.165) is 10.0 Å². The van der Waals surface area contributed by atoms with E-state index in [1.165, 1.54) is 29.9 Å². The molecule has 1 fully saturated rings. The first-order chi connectivity index (χ1) is 9.40. The number of benzene rings is 1. The van der Waals surface area contributed by atoms with Gasteiger partial charge in [-0.3, -0.25) is 4.79 Å². The van der Waals surface area contributed by atoms with E-state index in [4.69, 9.17) is 0 Å². The average Bonchev–Trinajstić information content (AvgIpc) is 2.39. The van der Waals surface area contributed by atoms with E-state index in [1.807, 2.05) is 11.8 Å². The van der Waals surface area contributed by atoms with Crippen molar-refractivity contribution >= 4 is 33.7 Å². The quantitative estimate of drug-likeness (QED) is 0.848. The minimum absolute atomic E-state index is 0.557. The van der Waals surface area contributed by atoms with E-state index in [1.54, 1.807) is 13.8 Å². The second kappa shape index (κ2) is 6.52. The highest BCUT2D eigenvalue weighted by Gasteiger charge is 2.27. The van der Waals surface area contributed by atoms with Gasteiger partial charge in [0.1, 0.15) is 0 Å². The molecule has 4 heteroatoms. The number of hydrogen-bond donors (Lipinski definition) is 1. The van der Waals surface area contributed by atoms with Gasteiger partial charge in [0, 0.05) is 4.47 Å². The lowest BCUT2D eigenvalue weighted by Crippen LogP contribution is -2.26. The van der Waals surface area contributed by atoms with Crippen molar-refractivity contribution in [2.24, 2.45) is 5.41 Å².